The van der Waals surface area contributed by atoms with E-state index in [4.69, 9.17) is 19.3 Å². The van der Waals surface area contributed by atoms with E-state index in [2.05, 4.69) is 4.52 Å². The van der Waals surface area contributed by atoms with E-state index in [1.54, 1.807) is 6.92 Å². The molecule has 2 atom stereocenters. The van der Waals surface area contributed by atoms with Crippen molar-refractivity contribution in [1.82, 2.24) is 0 Å². The van der Waals surface area contributed by atoms with Crippen molar-refractivity contribution in [3.63, 3.8) is 0 Å². The van der Waals surface area contributed by atoms with E-state index in [0.717, 1.165) is 0 Å². The van der Waals surface area contributed by atoms with E-state index in [-0.39, 0.29) is 6.42 Å². The van der Waals surface area contributed by atoms with Gasteiger partial charge in [0.25, 0.3) is 0 Å². The Kier molecular flexibility index (Phi) is 5.03. The van der Waals surface area contributed by atoms with Crippen LogP contribution in [0, 0.1) is 0 Å². The molecule has 0 amide bonds. The number of hydrogen-bond donors (Lipinski definition) is 4. The van der Waals surface area contributed by atoms with Crippen molar-refractivity contribution in [2.75, 3.05) is 0 Å². The summed E-state index contributed by atoms with van der Waals surface area (Å²) in [6.45, 7) is 1.72. The second-order valence-electron chi connectivity index (χ2n) is 2.31. The van der Waals surface area contributed by atoms with Crippen LogP contribution in [0.15, 0.2) is 0 Å². The predicted molar refractivity (Wildman–Crippen MR) is 42.0 cm³/mol. The number of rotatable bonds is 5. The summed E-state index contributed by atoms with van der Waals surface area (Å²) in [6.07, 6.45) is 0.654. The summed E-state index contributed by atoms with van der Waals surface area (Å²) in [5.74, 6) is 0. The first-order valence-electron chi connectivity index (χ1n) is 3.38. The van der Waals surface area contributed by atoms with Crippen molar-refractivity contribution in [2.24, 2.45) is 0 Å². The Morgan fingerprint density at radius 2 is 2.00 bits per heavy atom. The largest absolute Gasteiger partial charge is 0.694 e. The van der Waals surface area contributed by atoms with Crippen molar-refractivity contribution in [3.8, 4) is 0 Å². The highest BCUT2D eigenvalue weighted by molar-refractivity contribution is 7.32. The molecule has 0 saturated carbocycles. The van der Waals surface area contributed by atoms with Gasteiger partial charge < -0.3 is 14.4 Å². The van der Waals surface area contributed by atoms with Crippen LogP contribution in [0.2, 0.25) is 0 Å². The van der Waals surface area contributed by atoms with Crippen molar-refractivity contribution in [1.29, 1.82) is 0 Å². The van der Waals surface area contributed by atoms with E-state index in [0.29, 0.717) is 6.42 Å². The molecule has 4 N–H and O–H groups in total. The smallest absolute Gasteiger partial charge is 0.388 e. The highest BCUT2D eigenvalue weighted by Crippen LogP contribution is 2.23. The van der Waals surface area contributed by atoms with Crippen LogP contribution in [-0.4, -0.2) is 33.8 Å². The molecule has 0 aromatic rings. The molecular formula is C4H12O6PSi+. The normalized spacial score (nSPS) is 15.9. The quantitative estimate of drug-likeness (QED) is 0.356. The van der Waals surface area contributed by atoms with Crippen LogP contribution >= 0.6 is 8.25 Å². The molecule has 0 bridgehead atoms. The average Bonchev–Trinajstić information content (AvgIpc) is 1.83. The van der Waals surface area contributed by atoms with Gasteiger partial charge in [-0.15, -0.1) is 9.42 Å². The molecule has 0 aliphatic carbocycles. The van der Waals surface area contributed by atoms with E-state index < -0.39 is 22.8 Å². The minimum Gasteiger partial charge on any atom is -0.388 e. The molecule has 0 radical (unpaired) electrons. The summed E-state index contributed by atoms with van der Waals surface area (Å²) in [4.78, 5) is 34.5. The van der Waals surface area contributed by atoms with E-state index in [9.17, 15) is 4.57 Å². The highest BCUT2D eigenvalue weighted by Gasteiger charge is 2.45. The van der Waals surface area contributed by atoms with E-state index in [1.807, 2.05) is 0 Å². The first-order chi connectivity index (χ1) is 5.38. The molecule has 0 rings (SSSR count). The Hall–Kier alpha value is 0.117. The molecule has 6 nitrogen and oxygen atoms in total. The minimum atomic E-state index is -4.44. The fourth-order valence-electron chi connectivity index (χ4n) is 0.688. The van der Waals surface area contributed by atoms with Crippen LogP contribution < -0.4 is 0 Å². The Morgan fingerprint density at radius 3 is 2.25 bits per heavy atom. The zero-order valence-electron chi connectivity index (χ0n) is 6.54. The molecule has 72 valence electrons. The number of hydrogen-bond acceptors (Lipinski definition) is 5. The van der Waals surface area contributed by atoms with Gasteiger partial charge >= 0.3 is 17.1 Å². The lowest BCUT2D eigenvalue weighted by Gasteiger charge is -2.15. The molecule has 0 aliphatic heterocycles. The second-order valence-corrected chi connectivity index (χ2v) is 5.01. The Morgan fingerprint density at radius 1 is 1.50 bits per heavy atom. The molecule has 2 unspecified atom stereocenters. The third kappa shape index (κ3) is 4.89. The summed E-state index contributed by atoms with van der Waals surface area (Å²) in [6, 6.07) is 0. The second kappa shape index (κ2) is 4.98. The van der Waals surface area contributed by atoms with E-state index in [1.165, 1.54) is 0 Å². The lowest BCUT2D eigenvalue weighted by molar-refractivity contribution is 0.121. The van der Waals surface area contributed by atoms with Crippen LogP contribution in [-0.2, 0) is 9.09 Å². The van der Waals surface area contributed by atoms with Crippen molar-refractivity contribution < 1.29 is 28.4 Å². The average molecular weight is 215 g/mol. The minimum absolute atomic E-state index is 0.136. The monoisotopic (exact) mass is 215 g/mol. The van der Waals surface area contributed by atoms with Crippen molar-refractivity contribution in [2.45, 2.75) is 25.5 Å². The van der Waals surface area contributed by atoms with Crippen molar-refractivity contribution in [3.05, 3.63) is 0 Å². The van der Waals surface area contributed by atoms with Gasteiger partial charge in [-0.1, -0.05) is 13.3 Å². The van der Waals surface area contributed by atoms with Crippen LogP contribution in [0.25, 0.3) is 0 Å². The Bertz CT molecular complexity index is 156. The van der Waals surface area contributed by atoms with Crippen LogP contribution in [0.5, 0.6) is 0 Å². The Balaban J connectivity index is 4.13. The van der Waals surface area contributed by atoms with Gasteiger partial charge in [-0.3, -0.25) is 0 Å². The standard InChI is InChI=1S/C4H11O6PSi/c1-2-3-4(10-11(5)6)12(7,8)9/h4,7-9H,2-3H2,1H3/p+1. The zero-order chi connectivity index (χ0) is 9.78. The molecule has 12 heavy (non-hydrogen) atoms. The van der Waals surface area contributed by atoms with Gasteiger partial charge in [-0.2, -0.15) is 0 Å². The lowest BCUT2D eigenvalue weighted by atomic mass is 10.4. The van der Waals surface area contributed by atoms with Gasteiger partial charge in [0.1, 0.15) is 0 Å². The molecule has 0 heterocycles. The fourth-order valence-corrected chi connectivity index (χ4v) is 2.52. The van der Waals surface area contributed by atoms with Gasteiger partial charge in [0.15, 0.2) is 5.73 Å². The molecule has 0 saturated heterocycles. The van der Waals surface area contributed by atoms with Crippen LogP contribution in [0.4, 0.5) is 0 Å². The van der Waals surface area contributed by atoms with Gasteiger partial charge in [0.05, 0.1) is 0 Å². The molecule has 0 aliphatic rings. The summed E-state index contributed by atoms with van der Waals surface area (Å²) in [5.41, 5.74) is -1.32. The summed E-state index contributed by atoms with van der Waals surface area (Å²) >= 11 is 0. The van der Waals surface area contributed by atoms with E-state index >= 15 is 0 Å². The molecule has 0 aromatic heterocycles. The Labute approximate surface area is 71.8 Å². The molecule has 8 heteroatoms. The third-order valence-corrected chi connectivity index (χ3v) is 3.10. The maximum absolute atomic E-state index is 10.1. The molecular weight excluding hydrogens is 203 g/mol. The molecule has 0 spiro atoms. The van der Waals surface area contributed by atoms with Gasteiger partial charge in [0.2, 0.25) is 0 Å². The first kappa shape index (κ1) is 12.1. The molecule has 0 aromatic carbocycles. The van der Waals surface area contributed by atoms with Gasteiger partial charge in [0, 0.05) is 4.57 Å². The third-order valence-electron chi connectivity index (χ3n) is 1.20. The predicted octanol–water partition coefficient (Wildman–Crippen LogP) is -0.724. The van der Waals surface area contributed by atoms with Gasteiger partial charge in [-0.25, -0.2) is 0 Å². The summed E-state index contributed by atoms with van der Waals surface area (Å²) in [7, 11) is -7.35. The highest BCUT2D eigenvalue weighted by atomic mass is 31.1. The van der Waals surface area contributed by atoms with Crippen LogP contribution in [0.3, 0.4) is 0 Å². The first-order valence-corrected chi connectivity index (χ1v) is 6.42. The topological polar surface area (TPSA) is 107 Å². The fraction of sp³-hybridized carbons (Fsp3) is 1.00. The van der Waals surface area contributed by atoms with Gasteiger partial charge in [-0.05, 0) is 6.42 Å². The SMILES string of the molecule is CCCC(O[P+](=O)O)[Si](O)(O)O. The molecule has 0 fully saturated rings. The van der Waals surface area contributed by atoms with Crippen molar-refractivity contribution >= 4 is 17.1 Å². The lowest BCUT2D eigenvalue weighted by Crippen LogP contribution is -2.49. The summed E-state index contributed by atoms with van der Waals surface area (Å²) < 4.78 is 14.4. The van der Waals surface area contributed by atoms with Crippen LogP contribution in [0.1, 0.15) is 19.8 Å². The zero-order valence-corrected chi connectivity index (χ0v) is 8.44. The summed E-state index contributed by atoms with van der Waals surface area (Å²) in [5, 5.41) is 0. The maximum atomic E-state index is 10.1. The maximum Gasteiger partial charge on any atom is 0.694 e.